The number of nitrogens with one attached hydrogen (secondary N) is 1. The topological polar surface area (TPSA) is 35.8 Å². The summed E-state index contributed by atoms with van der Waals surface area (Å²) in [5.41, 5.74) is 1.49. The van der Waals surface area contributed by atoms with E-state index in [1.54, 1.807) is 12.1 Å². The molecule has 0 aliphatic carbocycles. The van der Waals surface area contributed by atoms with Crippen LogP contribution in [0.3, 0.4) is 0 Å². The predicted molar refractivity (Wildman–Crippen MR) is 72.2 cm³/mol. The molecule has 0 bridgehead atoms. The van der Waals surface area contributed by atoms with Crippen molar-refractivity contribution in [1.82, 2.24) is 0 Å². The van der Waals surface area contributed by atoms with E-state index in [1.165, 1.54) is 0 Å². The maximum absolute atomic E-state index is 8.74. The normalized spacial score (nSPS) is 11.9. The molecule has 0 aliphatic rings. The molecule has 1 rings (SSSR count). The van der Waals surface area contributed by atoms with E-state index < -0.39 is 0 Å². The minimum atomic E-state index is 0.505. The maximum atomic E-state index is 8.74. The fourth-order valence-corrected chi connectivity index (χ4v) is 2.26. The summed E-state index contributed by atoms with van der Waals surface area (Å²) < 4.78 is 0. The van der Waals surface area contributed by atoms with Gasteiger partial charge in [-0.2, -0.15) is 17.0 Å². The van der Waals surface area contributed by atoms with Crippen LogP contribution in [0.2, 0.25) is 5.02 Å². The van der Waals surface area contributed by atoms with E-state index in [4.69, 9.17) is 16.9 Å². The highest BCUT2D eigenvalue weighted by molar-refractivity contribution is 7.98. The molecule has 0 fully saturated rings. The van der Waals surface area contributed by atoms with Crippen LogP contribution in [0.1, 0.15) is 12.5 Å². The minimum Gasteiger partial charge on any atom is -0.385 e. The van der Waals surface area contributed by atoms with Crippen LogP contribution in [0.25, 0.3) is 0 Å². The average Bonchev–Trinajstić information content (AvgIpc) is 2.27. The number of thioether (sulfide) groups is 1. The molecule has 1 unspecified atom stereocenters. The predicted octanol–water partition coefficient (Wildman–Crippen LogP) is 3.62. The van der Waals surface area contributed by atoms with Crippen LogP contribution < -0.4 is 5.32 Å². The summed E-state index contributed by atoms with van der Waals surface area (Å²) in [4.78, 5) is 0. The standard InChI is InChI=1S/C12H15ClN2S/c1-9(8-16-2)7-15-11-4-3-10(6-14)12(13)5-11/h3-5,9,15H,7-8H2,1-2H3. The third-order valence-corrected chi connectivity index (χ3v) is 3.41. The van der Waals surface area contributed by atoms with Crippen molar-refractivity contribution in [3.63, 3.8) is 0 Å². The van der Waals surface area contributed by atoms with Crippen LogP contribution in [0, 0.1) is 17.2 Å². The monoisotopic (exact) mass is 254 g/mol. The zero-order chi connectivity index (χ0) is 12.0. The van der Waals surface area contributed by atoms with Crippen LogP contribution in [-0.4, -0.2) is 18.6 Å². The average molecular weight is 255 g/mol. The Morgan fingerprint density at radius 1 is 1.56 bits per heavy atom. The number of nitriles is 1. The van der Waals surface area contributed by atoms with Crippen LogP contribution in [0.4, 0.5) is 5.69 Å². The fraction of sp³-hybridized carbons (Fsp3) is 0.417. The fourth-order valence-electron chi connectivity index (χ4n) is 1.35. The van der Waals surface area contributed by atoms with Gasteiger partial charge >= 0.3 is 0 Å². The van der Waals surface area contributed by atoms with E-state index in [0.29, 0.717) is 16.5 Å². The summed E-state index contributed by atoms with van der Waals surface area (Å²) in [5, 5.41) is 12.6. The van der Waals surface area contributed by atoms with Crippen LogP contribution in [0.5, 0.6) is 0 Å². The van der Waals surface area contributed by atoms with E-state index in [2.05, 4.69) is 18.5 Å². The van der Waals surface area contributed by atoms with Gasteiger partial charge in [0.15, 0.2) is 0 Å². The molecule has 4 heteroatoms. The number of benzene rings is 1. The summed E-state index contributed by atoms with van der Waals surface area (Å²) in [6.07, 6.45) is 2.11. The first-order valence-electron chi connectivity index (χ1n) is 5.09. The lowest BCUT2D eigenvalue weighted by atomic mass is 10.2. The molecule has 0 saturated heterocycles. The number of nitrogens with zero attached hydrogens (tertiary/aromatic N) is 1. The first kappa shape index (κ1) is 13.2. The van der Waals surface area contributed by atoms with Crippen molar-refractivity contribution in [2.45, 2.75) is 6.92 Å². The Morgan fingerprint density at radius 3 is 2.88 bits per heavy atom. The van der Waals surface area contributed by atoms with Gasteiger partial charge in [-0.25, -0.2) is 0 Å². The molecule has 16 heavy (non-hydrogen) atoms. The quantitative estimate of drug-likeness (QED) is 0.872. The van der Waals surface area contributed by atoms with Gasteiger partial charge in [-0.1, -0.05) is 18.5 Å². The van der Waals surface area contributed by atoms with Gasteiger partial charge in [0.1, 0.15) is 6.07 Å². The molecule has 1 aromatic carbocycles. The van der Waals surface area contributed by atoms with Gasteiger partial charge < -0.3 is 5.32 Å². The second-order valence-corrected chi connectivity index (χ2v) is 5.07. The van der Waals surface area contributed by atoms with Gasteiger partial charge in [0, 0.05) is 12.2 Å². The molecule has 1 N–H and O–H groups in total. The number of hydrogen-bond acceptors (Lipinski definition) is 3. The third kappa shape index (κ3) is 3.96. The molecule has 0 heterocycles. The Kier molecular flexibility index (Phi) is 5.51. The Bertz CT molecular complexity index is 387. The molecular formula is C12H15ClN2S. The summed E-state index contributed by atoms with van der Waals surface area (Å²) in [5.74, 6) is 1.75. The van der Waals surface area contributed by atoms with Crippen LogP contribution >= 0.6 is 23.4 Å². The highest BCUT2D eigenvalue weighted by atomic mass is 35.5. The van der Waals surface area contributed by atoms with Crippen molar-refractivity contribution in [1.29, 1.82) is 5.26 Å². The van der Waals surface area contributed by atoms with Crippen molar-refractivity contribution in [2.24, 2.45) is 5.92 Å². The lowest BCUT2D eigenvalue weighted by Crippen LogP contribution is -2.13. The smallest absolute Gasteiger partial charge is 0.101 e. The zero-order valence-corrected chi connectivity index (χ0v) is 11.0. The van der Waals surface area contributed by atoms with Gasteiger partial charge in [-0.3, -0.25) is 0 Å². The van der Waals surface area contributed by atoms with E-state index >= 15 is 0 Å². The largest absolute Gasteiger partial charge is 0.385 e. The highest BCUT2D eigenvalue weighted by Gasteiger charge is 2.03. The highest BCUT2D eigenvalue weighted by Crippen LogP contribution is 2.20. The zero-order valence-electron chi connectivity index (χ0n) is 9.46. The Balaban J connectivity index is 2.56. The molecule has 1 aromatic rings. The lowest BCUT2D eigenvalue weighted by molar-refractivity contribution is 0.701. The molecule has 0 aliphatic heterocycles. The SMILES string of the molecule is CSCC(C)CNc1ccc(C#N)c(Cl)c1. The van der Waals surface area contributed by atoms with Crippen LogP contribution in [0.15, 0.2) is 18.2 Å². The number of hydrogen-bond donors (Lipinski definition) is 1. The van der Waals surface area contributed by atoms with E-state index in [0.717, 1.165) is 18.0 Å². The molecular weight excluding hydrogens is 240 g/mol. The summed E-state index contributed by atoms with van der Waals surface area (Å²) in [7, 11) is 0. The van der Waals surface area contributed by atoms with Crippen molar-refractivity contribution >= 4 is 29.1 Å². The second kappa shape index (κ2) is 6.67. The van der Waals surface area contributed by atoms with Gasteiger partial charge in [-0.05, 0) is 36.1 Å². The molecule has 0 amide bonds. The number of rotatable bonds is 5. The number of anilines is 1. The third-order valence-electron chi connectivity index (χ3n) is 2.20. The molecule has 0 saturated carbocycles. The first-order chi connectivity index (χ1) is 7.67. The minimum absolute atomic E-state index is 0.505. The molecule has 2 nitrogen and oxygen atoms in total. The van der Waals surface area contributed by atoms with Crippen molar-refractivity contribution < 1.29 is 0 Å². The molecule has 0 radical (unpaired) electrons. The van der Waals surface area contributed by atoms with Crippen LogP contribution in [-0.2, 0) is 0 Å². The Hall–Kier alpha value is -0.850. The van der Waals surface area contributed by atoms with Gasteiger partial charge in [0.25, 0.3) is 0 Å². The van der Waals surface area contributed by atoms with Crippen molar-refractivity contribution in [3.05, 3.63) is 28.8 Å². The molecule has 0 aromatic heterocycles. The Labute approximate surface area is 106 Å². The molecule has 86 valence electrons. The summed E-state index contributed by atoms with van der Waals surface area (Å²) >= 11 is 7.78. The van der Waals surface area contributed by atoms with E-state index in [-0.39, 0.29) is 0 Å². The van der Waals surface area contributed by atoms with Gasteiger partial charge in [0.2, 0.25) is 0 Å². The molecule has 1 atom stereocenters. The second-order valence-electron chi connectivity index (χ2n) is 3.75. The first-order valence-corrected chi connectivity index (χ1v) is 6.87. The van der Waals surface area contributed by atoms with E-state index in [9.17, 15) is 0 Å². The Morgan fingerprint density at radius 2 is 2.31 bits per heavy atom. The summed E-state index contributed by atoms with van der Waals surface area (Å²) in [6.45, 7) is 3.12. The van der Waals surface area contributed by atoms with E-state index in [1.807, 2.05) is 23.9 Å². The van der Waals surface area contributed by atoms with Crippen molar-refractivity contribution in [3.8, 4) is 6.07 Å². The van der Waals surface area contributed by atoms with Gasteiger partial charge in [-0.15, -0.1) is 0 Å². The van der Waals surface area contributed by atoms with Crippen molar-refractivity contribution in [2.75, 3.05) is 23.9 Å². The molecule has 0 spiro atoms. The van der Waals surface area contributed by atoms with Gasteiger partial charge in [0.05, 0.1) is 10.6 Å². The maximum Gasteiger partial charge on any atom is 0.101 e. The lowest BCUT2D eigenvalue weighted by Gasteiger charge is -2.12. The summed E-state index contributed by atoms with van der Waals surface area (Å²) in [6, 6.07) is 7.47. The number of halogens is 1.